The maximum absolute atomic E-state index is 10.3. The zero-order valence-electron chi connectivity index (χ0n) is 7.54. The Kier molecular flexibility index (Phi) is 7.72. The summed E-state index contributed by atoms with van der Waals surface area (Å²) < 4.78 is 8.38. The number of carboxylic acid groups (broad SMARTS) is 3. The van der Waals surface area contributed by atoms with E-state index in [9.17, 15) is 14.4 Å². The number of hydrogen-bond acceptors (Lipinski definition) is 5. The second kappa shape index (κ2) is 7.13. The predicted molar refractivity (Wildman–Crippen MR) is 37.8 cm³/mol. The molecule has 0 aromatic rings. The van der Waals surface area contributed by atoms with E-state index in [-0.39, 0.29) is 18.3 Å². The Morgan fingerprint density at radius 1 is 0.933 bits per heavy atom. The molecular formula is C6H8O8Zn. The Morgan fingerprint density at radius 3 is 1.33 bits per heavy atom. The van der Waals surface area contributed by atoms with Gasteiger partial charge in [-0.1, -0.05) is 0 Å². The second-order valence-corrected chi connectivity index (χ2v) is 2.48. The first-order valence-corrected chi connectivity index (χ1v) is 4.67. The van der Waals surface area contributed by atoms with Crippen molar-refractivity contribution in [2.75, 3.05) is 0 Å². The molecule has 0 aromatic heterocycles. The monoisotopic (exact) mass is 272 g/mol. The van der Waals surface area contributed by atoms with Gasteiger partial charge in [0.1, 0.15) is 0 Å². The molecule has 0 saturated carbocycles. The molecule has 4 N–H and O–H groups in total. The summed E-state index contributed by atoms with van der Waals surface area (Å²) in [5.41, 5.74) is -2.74. The maximum atomic E-state index is 10.3. The molecule has 0 bridgehead atoms. The van der Waals surface area contributed by atoms with Crippen molar-refractivity contribution in [3.05, 3.63) is 0 Å². The van der Waals surface area contributed by atoms with Crippen LogP contribution in [0.2, 0.25) is 0 Å². The Balaban J connectivity index is 0. The summed E-state index contributed by atoms with van der Waals surface area (Å²) in [6.07, 6.45) is -2.29. The van der Waals surface area contributed by atoms with Gasteiger partial charge in [0, 0.05) is 0 Å². The molecule has 0 aliphatic carbocycles. The van der Waals surface area contributed by atoms with Crippen molar-refractivity contribution >= 4 is 17.9 Å². The van der Waals surface area contributed by atoms with Crippen molar-refractivity contribution in [2.24, 2.45) is 0 Å². The molecule has 0 unspecified atom stereocenters. The van der Waals surface area contributed by atoms with Gasteiger partial charge in [-0.2, -0.15) is 0 Å². The van der Waals surface area contributed by atoms with Crippen molar-refractivity contribution < 1.29 is 56.6 Å². The fourth-order valence-corrected chi connectivity index (χ4v) is 0.714. The van der Waals surface area contributed by atoms with Crippen LogP contribution >= 0.6 is 0 Å². The van der Waals surface area contributed by atoms with Gasteiger partial charge in [-0.05, 0) is 0 Å². The normalized spacial score (nSPS) is 9.80. The number of carboxylic acids is 3. The SMILES string of the molecule is O=C(O)CC(O)(CC(=O)O)C(=O)O.[O]=[Zn]. The third kappa shape index (κ3) is 6.81. The molecule has 0 aliphatic rings. The fourth-order valence-electron chi connectivity index (χ4n) is 0.714. The van der Waals surface area contributed by atoms with Gasteiger partial charge < -0.3 is 20.4 Å². The molecular weight excluding hydrogens is 265 g/mol. The molecule has 0 heterocycles. The van der Waals surface area contributed by atoms with E-state index < -0.39 is 36.4 Å². The molecule has 0 fully saturated rings. The van der Waals surface area contributed by atoms with Crippen LogP contribution in [0.15, 0.2) is 0 Å². The Morgan fingerprint density at radius 2 is 1.20 bits per heavy atom. The van der Waals surface area contributed by atoms with Crippen LogP contribution in [0.25, 0.3) is 0 Å². The first-order valence-electron chi connectivity index (χ1n) is 3.46. The summed E-state index contributed by atoms with van der Waals surface area (Å²) in [6.45, 7) is 0. The topological polar surface area (TPSA) is 149 Å². The zero-order valence-corrected chi connectivity index (χ0v) is 10.5. The molecule has 0 spiro atoms. The standard InChI is InChI=1S/C6H8O7.O.Zn/c7-3(8)1-6(13,5(11)12)2-4(9)10;;/h13H,1-2H2,(H,7,8)(H,9,10)(H,11,12);;. The molecule has 15 heavy (non-hydrogen) atoms. The van der Waals surface area contributed by atoms with Crippen molar-refractivity contribution in [1.82, 2.24) is 0 Å². The third-order valence-electron chi connectivity index (χ3n) is 1.29. The zero-order chi connectivity index (χ0) is 12.6. The van der Waals surface area contributed by atoms with Crippen LogP contribution in [-0.2, 0) is 36.2 Å². The van der Waals surface area contributed by atoms with Crippen LogP contribution in [0.3, 0.4) is 0 Å². The van der Waals surface area contributed by atoms with Crippen LogP contribution in [0.4, 0.5) is 0 Å². The van der Waals surface area contributed by atoms with Crippen LogP contribution < -0.4 is 0 Å². The van der Waals surface area contributed by atoms with E-state index >= 15 is 0 Å². The van der Waals surface area contributed by atoms with Gasteiger partial charge in [0.25, 0.3) is 0 Å². The minimum atomic E-state index is -2.74. The number of rotatable bonds is 5. The molecule has 0 aliphatic heterocycles. The summed E-state index contributed by atoms with van der Waals surface area (Å²) >= 11 is 0.125. The van der Waals surface area contributed by atoms with Crippen molar-refractivity contribution in [2.45, 2.75) is 18.4 Å². The molecule has 0 rings (SSSR count). The Hall–Kier alpha value is -1.21. The van der Waals surface area contributed by atoms with E-state index in [4.69, 9.17) is 24.0 Å². The van der Waals surface area contributed by atoms with Crippen molar-refractivity contribution in [3.63, 3.8) is 0 Å². The average Bonchev–Trinajstić information content (AvgIpc) is 2.04. The van der Waals surface area contributed by atoms with Gasteiger partial charge in [-0.25, -0.2) is 4.79 Å². The van der Waals surface area contributed by atoms with Gasteiger partial charge in [-0.3, -0.25) is 9.59 Å². The molecule has 0 atom stereocenters. The van der Waals surface area contributed by atoms with Gasteiger partial charge in [0.15, 0.2) is 5.60 Å². The molecule has 0 saturated heterocycles. The minimum absolute atomic E-state index is 0.125. The van der Waals surface area contributed by atoms with Crippen LogP contribution in [0, 0.1) is 0 Å². The Labute approximate surface area is 93.5 Å². The summed E-state index contributed by atoms with van der Waals surface area (Å²) in [5.74, 6) is -5.02. The number of aliphatic carboxylic acids is 3. The van der Waals surface area contributed by atoms with E-state index in [1.165, 1.54) is 0 Å². The van der Waals surface area contributed by atoms with E-state index in [2.05, 4.69) is 0 Å². The fraction of sp³-hybridized carbons (Fsp3) is 0.500. The van der Waals surface area contributed by atoms with Gasteiger partial charge in [-0.15, -0.1) is 0 Å². The van der Waals surface area contributed by atoms with E-state index in [0.29, 0.717) is 0 Å². The molecule has 0 aromatic carbocycles. The molecule has 9 heteroatoms. The second-order valence-electron chi connectivity index (χ2n) is 2.48. The summed E-state index contributed by atoms with van der Waals surface area (Å²) in [5, 5.41) is 33.8. The number of hydrogen-bond donors (Lipinski definition) is 4. The predicted octanol–water partition coefficient (Wildman–Crippen LogP) is -1.37. The van der Waals surface area contributed by atoms with E-state index in [1.54, 1.807) is 0 Å². The van der Waals surface area contributed by atoms with Crippen LogP contribution in [0.1, 0.15) is 12.8 Å². The van der Waals surface area contributed by atoms with Gasteiger partial charge >= 0.3 is 39.7 Å². The summed E-state index contributed by atoms with van der Waals surface area (Å²) in [6, 6.07) is 0. The van der Waals surface area contributed by atoms with Gasteiger partial charge in [0.05, 0.1) is 12.8 Å². The van der Waals surface area contributed by atoms with Crippen LogP contribution in [0.5, 0.6) is 0 Å². The van der Waals surface area contributed by atoms with Crippen LogP contribution in [-0.4, -0.2) is 43.9 Å². The first-order chi connectivity index (χ1) is 6.78. The first kappa shape index (κ1) is 16.2. The number of aliphatic hydroxyl groups is 1. The van der Waals surface area contributed by atoms with Gasteiger partial charge in [0.2, 0.25) is 0 Å². The average molecular weight is 274 g/mol. The quantitative estimate of drug-likeness (QED) is 0.448. The van der Waals surface area contributed by atoms with E-state index in [1.807, 2.05) is 0 Å². The van der Waals surface area contributed by atoms with Crippen molar-refractivity contribution in [3.8, 4) is 0 Å². The third-order valence-corrected chi connectivity index (χ3v) is 1.29. The number of carbonyl (C=O) groups is 3. The summed E-state index contributed by atoms with van der Waals surface area (Å²) in [4.78, 5) is 30.5. The van der Waals surface area contributed by atoms with Crippen molar-refractivity contribution in [1.29, 1.82) is 0 Å². The molecule has 0 radical (unpaired) electrons. The molecule has 8 nitrogen and oxygen atoms in total. The van der Waals surface area contributed by atoms with E-state index in [0.717, 1.165) is 0 Å². The molecule has 82 valence electrons. The molecule has 0 amide bonds. The summed E-state index contributed by atoms with van der Waals surface area (Å²) in [7, 11) is 0. The Bertz CT molecular complexity index is 246.